The van der Waals surface area contributed by atoms with Gasteiger partial charge < -0.3 is 15.8 Å². The van der Waals surface area contributed by atoms with E-state index in [1.54, 1.807) is 7.11 Å². The maximum absolute atomic E-state index is 11.9. The number of nitrogen functional groups attached to an aromatic ring is 1. The fourth-order valence-electron chi connectivity index (χ4n) is 1.61. The minimum Gasteiger partial charge on any atom is -0.497 e. The number of aromatic nitrogens is 2. The van der Waals surface area contributed by atoms with Crippen molar-refractivity contribution < 1.29 is 14.2 Å². The fraction of sp³-hybridized carbons (Fsp3) is 0.250. The molecule has 1 atom stereocenters. The fourth-order valence-corrected chi connectivity index (χ4v) is 1.61. The van der Waals surface area contributed by atoms with Crippen LogP contribution in [0.4, 0.5) is 5.82 Å². The van der Waals surface area contributed by atoms with Crippen molar-refractivity contribution in [3.8, 4) is 5.75 Å². The lowest BCUT2D eigenvalue weighted by Gasteiger charge is -2.14. The van der Waals surface area contributed by atoms with Crippen LogP contribution >= 0.6 is 0 Å². The Kier molecular flexibility index (Phi) is 3.65. The van der Waals surface area contributed by atoms with Gasteiger partial charge in [-0.2, -0.15) is 0 Å². The molecule has 100 valence electrons. The molecule has 1 unspecified atom stereocenters. The van der Waals surface area contributed by atoms with Crippen molar-refractivity contribution in [1.82, 2.24) is 15.6 Å². The van der Waals surface area contributed by atoms with Crippen molar-refractivity contribution in [1.29, 1.82) is 0 Å². The molecule has 7 nitrogen and oxygen atoms in total. The summed E-state index contributed by atoms with van der Waals surface area (Å²) in [5, 5.41) is 9.56. The zero-order valence-electron chi connectivity index (χ0n) is 10.6. The first-order chi connectivity index (χ1) is 9.11. The van der Waals surface area contributed by atoms with E-state index in [1.165, 1.54) is 0 Å². The Balaban J connectivity index is 2.10. The zero-order valence-corrected chi connectivity index (χ0v) is 10.6. The summed E-state index contributed by atoms with van der Waals surface area (Å²) < 4.78 is 9.52. The third kappa shape index (κ3) is 2.82. The number of nitrogens with two attached hydrogens (primary N) is 1. The summed E-state index contributed by atoms with van der Waals surface area (Å²) in [6, 6.07) is 7.19. The van der Waals surface area contributed by atoms with Gasteiger partial charge in [0.1, 0.15) is 5.75 Å². The van der Waals surface area contributed by atoms with E-state index in [9.17, 15) is 4.79 Å². The molecule has 0 saturated heterocycles. The number of carbonyl (C=O) groups excluding carboxylic acids is 1. The molecule has 0 aliphatic carbocycles. The van der Waals surface area contributed by atoms with E-state index in [1.807, 2.05) is 31.2 Å². The number of rotatable bonds is 4. The lowest BCUT2D eigenvalue weighted by molar-refractivity contribution is 0.0930. The minimum absolute atomic E-state index is 0.0188. The highest BCUT2D eigenvalue weighted by atomic mass is 16.6. The quantitative estimate of drug-likeness (QED) is 0.856. The van der Waals surface area contributed by atoms with Crippen molar-refractivity contribution in [2.24, 2.45) is 0 Å². The van der Waals surface area contributed by atoms with Gasteiger partial charge in [-0.05, 0) is 34.9 Å². The molecule has 1 amide bonds. The van der Waals surface area contributed by atoms with Crippen LogP contribution in [-0.2, 0) is 0 Å². The summed E-state index contributed by atoms with van der Waals surface area (Å²) in [5.41, 5.74) is 6.34. The van der Waals surface area contributed by atoms with Crippen molar-refractivity contribution in [2.45, 2.75) is 13.0 Å². The van der Waals surface area contributed by atoms with E-state index >= 15 is 0 Å². The molecule has 0 bridgehead atoms. The summed E-state index contributed by atoms with van der Waals surface area (Å²) in [6.07, 6.45) is 0. The van der Waals surface area contributed by atoms with E-state index in [2.05, 4.69) is 20.3 Å². The van der Waals surface area contributed by atoms with Crippen molar-refractivity contribution in [3.63, 3.8) is 0 Å². The van der Waals surface area contributed by atoms with E-state index in [0.717, 1.165) is 11.3 Å². The van der Waals surface area contributed by atoms with Gasteiger partial charge in [-0.25, -0.2) is 4.63 Å². The summed E-state index contributed by atoms with van der Waals surface area (Å²) in [5.74, 6) is 0.255. The molecule has 0 radical (unpaired) electrons. The predicted molar refractivity (Wildman–Crippen MR) is 67.6 cm³/mol. The molecule has 1 heterocycles. The molecule has 1 aromatic heterocycles. The van der Waals surface area contributed by atoms with Crippen molar-refractivity contribution in [3.05, 3.63) is 35.5 Å². The third-order valence-corrected chi connectivity index (χ3v) is 2.67. The van der Waals surface area contributed by atoms with Crippen LogP contribution in [0.25, 0.3) is 0 Å². The minimum atomic E-state index is -0.436. The number of carbonyl (C=O) groups is 1. The highest BCUT2D eigenvalue weighted by molar-refractivity contribution is 5.96. The van der Waals surface area contributed by atoms with Gasteiger partial charge in [0, 0.05) is 0 Å². The number of amides is 1. The first kappa shape index (κ1) is 12.9. The summed E-state index contributed by atoms with van der Waals surface area (Å²) in [7, 11) is 1.59. The number of nitrogens with one attached hydrogen (secondary N) is 1. The molecule has 0 fully saturated rings. The molecule has 0 aliphatic heterocycles. The van der Waals surface area contributed by atoms with Crippen LogP contribution in [0, 0.1) is 0 Å². The van der Waals surface area contributed by atoms with E-state index < -0.39 is 5.91 Å². The second kappa shape index (κ2) is 5.38. The number of ether oxygens (including phenoxy) is 1. The van der Waals surface area contributed by atoms with Gasteiger partial charge in [0.2, 0.25) is 11.5 Å². The number of anilines is 1. The van der Waals surface area contributed by atoms with Gasteiger partial charge in [-0.15, -0.1) is 0 Å². The number of benzene rings is 1. The van der Waals surface area contributed by atoms with Gasteiger partial charge >= 0.3 is 0 Å². The molecule has 7 heteroatoms. The van der Waals surface area contributed by atoms with Crippen LogP contribution in [-0.4, -0.2) is 23.3 Å². The topological polar surface area (TPSA) is 103 Å². The Hall–Kier alpha value is -2.57. The Labute approximate surface area is 109 Å². The molecular formula is C12H14N4O3. The highest BCUT2D eigenvalue weighted by Gasteiger charge is 2.18. The molecule has 0 spiro atoms. The maximum atomic E-state index is 11.9. The molecule has 1 aromatic carbocycles. The number of hydrogen-bond acceptors (Lipinski definition) is 6. The van der Waals surface area contributed by atoms with Crippen LogP contribution < -0.4 is 15.8 Å². The second-order valence-electron chi connectivity index (χ2n) is 3.97. The summed E-state index contributed by atoms with van der Waals surface area (Å²) in [6.45, 7) is 1.84. The number of methoxy groups -OCH3 is 1. The third-order valence-electron chi connectivity index (χ3n) is 2.67. The molecule has 2 aromatic rings. The van der Waals surface area contributed by atoms with Crippen LogP contribution in [0.2, 0.25) is 0 Å². The van der Waals surface area contributed by atoms with Gasteiger partial charge in [0.05, 0.1) is 13.2 Å². The SMILES string of the molecule is COc1cccc(C(C)NC(=O)c2nonc2N)c1. The lowest BCUT2D eigenvalue weighted by Crippen LogP contribution is -2.27. The van der Waals surface area contributed by atoms with Gasteiger partial charge in [-0.1, -0.05) is 12.1 Å². The summed E-state index contributed by atoms with van der Waals surface area (Å²) in [4.78, 5) is 11.9. The van der Waals surface area contributed by atoms with Crippen LogP contribution in [0.1, 0.15) is 29.0 Å². The van der Waals surface area contributed by atoms with E-state index in [4.69, 9.17) is 10.5 Å². The average molecular weight is 262 g/mol. The molecular weight excluding hydrogens is 248 g/mol. The average Bonchev–Trinajstić information content (AvgIpc) is 2.85. The predicted octanol–water partition coefficient (Wildman–Crippen LogP) is 1.15. The van der Waals surface area contributed by atoms with Crippen LogP contribution in [0.3, 0.4) is 0 Å². The van der Waals surface area contributed by atoms with E-state index in [0.29, 0.717) is 0 Å². The maximum Gasteiger partial charge on any atom is 0.277 e. The highest BCUT2D eigenvalue weighted by Crippen LogP contribution is 2.19. The Morgan fingerprint density at radius 2 is 2.26 bits per heavy atom. The Bertz CT molecular complexity index is 582. The van der Waals surface area contributed by atoms with E-state index in [-0.39, 0.29) is 17.6 Å². The molecule has 0 saturated carbocycles. The molecule has 3 N–H and O–H groups in total. The second-order valence-corrected chi connectivity index (χ2v) is 3.97. The van der Waals surface area contributed by atoms with Crippen molar-refractivity contribution in [2.75, 3.05) is 12.8 Å². The van der Waals surface area contributed by atoms with Crippen LogP contribution in [0.5, 0.6) is 5.75 Å². The number of hydrogen-bond donors (Lipinski definition) is 2. The summed E-state index contributed by atoms with van der Waals surface area (Å²) >= 11 is 0. The van der Waals surface area contributed by atoms with Crippen LogP contribution in [0.15, 0.2) is 28.9 Å². The lowest BCUT2D eigenvalue weighted by atomic mass is 10.1. The molecule has 19 heavy (non-hydrogen) atoms. The number of nitrogens with zero attached hydrogens (tertiary/aromatic N) is 2. The molecule has 0 aliphatic rings. The largest absolute Gasteiger partial charge is 0.497 e. The van der Waals surface area contributed by atoms with Gasteiger partial charge in [-0.3, -0.25) is 4.79 Å². The zero-order chi connectivity index (χ0) is 13.8. The standard InChI is InChI=1S/C12H14N4O3/c1-7(8-4-3-5-9(6-8)18-2)14-12(17)10-11(13)16-19-15-10/h3-7H,1-2H3,(H2,13,16)(H,14,17). The van der Waals surface area contributed by atoms with Crippen molar-refractivity contribution >= 4 is 11.7 Å². The Morgan fingerprint density at radius 3 is 2.89 bits per heavy atom. The molecule has 2 rings (SSSR count). The first-order valence-corrected chi connectivity index (χ1v) is 5.64. The van der Waals surface area contributed by atoms with Gasteiger partial charge in [0.15, 0.2) is 0 Å². The normalized spacial score (nSPS) is 11.9. The Morgan fingerprint density at radius 1 is 1.47 bits per heavy atom. The monoisotopic (exact) mass is 262 g/mol. The first-order valence-electron chi connectivity index (χ1n) is 5.64. The van der Waals surface area contributed by atoms with Gasteiger partial charge in [0.25, 0.3) is 5.91 Å². The smallest absolute Gasteiger partial charge is 0.277 e.